The first kappa shape index (κ1) is 15.9. The number of fused-ring (bicyclic) bond motifs is 2. The Labute approximate surface area is 155 Å². The van der Waals surface area contributed by atoms with Crippen molar-refractivity contribution in [3.8, 4) is 11.4 Å². The normalized spacial score (nSPS) is 17.0. The second-order valence-electron chi connectivity index (χ2n) is 6.95. The number of aromatic amines is 2. The summed E-state index contributed by atoms with van der Waals surface area (Å²) in [5, 5.41) is 7.80. The van der Waals surface area contributed by atoms with E-state index in [-0.39, 0.29) is 11.6 Å². The Morgan fingerprint density at radius 1 is 1.11 bits per heavy atom. The zero-order chi connectivity index (χ0) is 18.4. The molecule has 4 aromatic rings. The molecule has 0 unspecified atom stereocenters. The molecule has 0 spiro atoms. The highest BCUT2D eigenvalue weighted by Gasteiger charge is 2.22. The number of imidazole rings is 1. The lowest BCUT2D eigenvalue weighted by Crippen LogP contribution is -2.24. The lowest BCUT2D eigenvalue weighted by Gasteiger charge is -2.18. The Kier molecular flexibility index (Phi) is 3.61. The molecule has 1 aliphatic heterocycles. The minimum absolute atomic E-state index is 0.181. The minimum atomic E-state index is -0.181. The molecule has 3 heterocycles. The van der Waals surface area contributed by atoms with Gasteiger partial charge in [-0.05, 0) is 43.3 Å². The number of pyridine rings is 1. The molecule has 0 radical (unpaired) electrons. The van der Waals surface area contributed by atoms with Crippen LogP contribution in [0.5, 0.6) is 0 Å². The van der Waals surface area contributed by atoms with Crippen LogP contribution in [0.4, 0.5) is 11.4 Å². The van der Waals surface area contributed by atoms with Gasteiger partial charge in [0.15, 0.2) is 0 Å². The summed E-state index contributed by atoms with van der Waals surface area (Å²) in [5.74, 6) is 0.551. The van der Waals surface area contributed by atoms with Crippen molar-refractivity contribution in [2.45, 2.75) is 12.5 Å². The summed E-state index contributed by atoms with van der Waals surface area (Å²) < 4.78 is 0. The first-order valence-electron chi connectivity index (χ1n) is 9.07. The number of nitrogens with two attached hydrogens (primary N) is 1. The Bertz CT molecular complexity index is 1170. The van der Waals surface area contributed by atoms with Crippen LogP contribution >= 0.6 is 0 Å². The van der Waals surface area contributed by atoms with Gasteiger partial charge < -0.3 is 26.3 Å². The number of nitrogens with one attached hydrogen (secondary N) is 4. The van der Waals surface area contributed by atoms with Crippen molar-refractivity contribution in [1.29, 1.82) is 0 Å². The molecule has 7 heteroatoms. The molecule has 2 aromatic carbocycles. The largest absolute Gasteiger partial charge is 0.399 e. The van der Waals surface area contributed by atoms with E-state index >= 15 is 0 Å². The fraction of sp³-hybridized carbons (Fsp3) is 0.200. The van der Waals surface area contributed by atoms with Crippen LogP contribution in [0.15, 0.2) is 47.3 Å². The molecule has 1 fully saturated rings. The van der Waals surface area contributed by atoms with E-state index in [0.29, 0.717) is 17.1 Å². The zero-order valence-corrected chi connectivity index (χ0v) is 14.7. The van der Waals surface area contributed by atoms with Crippen molar-refractivity contribution in [2.24, 2.45) is 0 Å². The molecule has 0 aliphatic carbocycles. The summed E-state index contributed by atoms with van der Waals surface area (Å²) in [6, 6.07) is 13.5. The molecule has 136 valence electrons. The second-order valence-corrected chi connectivity index (χ2v) is 6.95. The van der Waals surface area contributed by atoms with Gasteiger partial charge in [-0.3, -0.25) is 4.79 Å². The van der Waals surface area contributed by atoms with Gasteiger partial charge in [0.05, 0.1) is 22.2 Å². The van der Waals surface area contributed by atoms with Gasteiger partial charge in [-0.25, -0.2) is 4.98 Å². The Morgan fingerprint density at radius 2 is 2.00 bits per heavy atom. The number of benzene rings is 2. The third-order valence-corrected chi connectivity index (χ3v) is 5.07. The van der Waals surface area contributed by atoms with E-state index in [1.54, 1.807) is 6.07 Å². The van der Waals surface area contributed by atoms with E-state index in [1.165, 1.54) is 0 Å². The summed E-state index contributed by atoms with van der Waals surface area (Å²) >= 11 is 0. The van der Waals surface area contributed by atoms with Gasteiger partial charge >= 0.3 is 0 Å². The molecule has 1 saturated heterocycles. The quantitative estimate of drug-likeness (QED) is 0.360. The fourth-order valence-corrected chi connectivity index (χ4v) is 3.74. The number of rotatable bonds is 3. The van der Waals surface area contributed by atoms with Crippen LogP contribution in [0.1, 0.15) is 6.42 Å². The van der Waals surface area contributed by atoms with Crippen LogP contribution in [0, 0.1) is 0 Å². The van der Waals surface area contributed by atoms with Gasteiger partial charge in [0.1, 0.15) is 11.4 Å². The van der Waals surface area contributed by atoms with E-state index in [2.05, 4.69) is 25.6 Å². The number of nitrogens with zero attached hydrogens (tertiary/aromatic N) is 1. The summed E-state index contributed by atoms with van der Waals surface area (Å²) in [4.78, 5) is 23.9. The minimum Gasteiger partial charge on any atom is -0.399 e. The summed E-state index contributed by atoms with van der Waals surface area (Å²) in [5.41, 5.74) is 10.3. The fourth-order valence-electron chi connectivity index (χ4n) is 3.74. The highest BCUT2D eigenvalue weighted by atomic mass is 16.1. The molecule has 2 aromatic heterocycles. The van der Waals surface area contributed by atoms with E-state index in [1.807, 2.05) is 36.4 Å². The average Bonchev–Trinajstić information content (AvgIpc) is 3.31. The van der Waals surface area contributed by atoms with Crippen LogP contribution in [0.3, 0.4) is 0 Å². The van der Waals surface area contributed by atoms with E-state index in [9.17, 15) is 4.79 Å². The predicted octanol–water partition coefficient (Wildman–Crippen LogP) is 2.43. The topological polar surface area (TPSA) is 112 Å². The van der Waals surface area contributed by atoms with Crippen LogP contribution in [0.25, 0.3) is 33.3 Å². The van der Waals surface area contributed by atoms with E-state index < -0.39 is 0 Å². The molecule has 1 aliphatic rings. The second kappa shape index (κ2) is 6.14. The molecule has 1 atom stereocenters. The van der Waals surface area contributed by atoms with Crippen molar-refractivity contribution in [2.75, 3.05) is 24.1 Å². The SMILES string of the molecule is Nc1ccc2[nH]c(=O)c(-c3nc4ccccc4[nH]3)c(N[C@H]3CCNC3)c2c1. The average molecular weight is 360 g/mol. The number of hydrogen-bond donors (Lipinski definition) is 5. The number of nitrogen functional groups attached to an aromatic ring is 1. The van der Waals surface area contributed by atoms with Crippen molar-refractivity contribution in [3.63, 3.8) is 0 Å². The maximum atomic E-state index is 13.0. The smallest absolute Gasteiger partial charge is 0.261 e. The Hall–Kier alpha value is -3.32. The van der Waals surface area contributed by atoms with Crippen LogP contribution < -0.4 is 21.9 Å². The standard InChI is InChI=1S/C20H20N6O/c21-11-5-6-14-13(9-11)18(23-12-7-8-22-10-12)17(20(27)26-14)19-24-15-3-1-2-4-16(15)25-19/h1-6,9,12,22H,7-8,10,21H2,(H,24,25)(H2,23,26,27)/t12-/m0/s1. The zero-order valence-electron chi connectivity index (χ0n) is 14.7. The molecule has 27 heavy (non-hydrogen) atoms. The lowest BCUT2D eigenvalue weighted by molar-refractivity contribution is 0.794. The highest BCUT2D eigenvalue weighted by molar-refractivity contribution is 6.00. The van der Waals surface area contributed by atoms with Gasteiger partial charge in [-0.1, -0.05) is 12.1 Å². The lowest BCUT2D eigenvalue weighted by atomic mass is 10.1. The first-order valence-corrected chi connectivity index (χ1v) is 9.07. The monoisotopic (exact) mass is 360 g/mol. The van der Waals surface area contributed by atoms with Gasteiger partial charge in [-0.2, -0.15) is 0 Å². The van der Waals surface area contributed by atoms with Crippen LogP contribution in [-0.2, 0) is 0 Å². The molecule has 5 rings (SSSR count). The van der Waals surface area contributed by atoms with Crippen molar-refractivity contribution >= 4 is 33.3 Å². The van der Waals surface area contributed by atoms with E-state index in [4.69, 9.17) is 5.73 Å². The highest BCUT2D eigenvalue weighted by Crippen LogP contribution is 2.32. The molecular weight excluding hydrogens is 340 g/mol. The summed E-state index contributed by atoms with van der Waals surface area (Å²) in [6.45, 7) is 1.82. The number of H-pyrrole nitrogens is 2. The molecule has 0 bridgehead atoms. The van der Waals surface area contributed by atoms with Gasteiger partial charge in [-0.15, -0.1) is 0 Å². The number of anilines is 2. The Morgan fingerprint density at radius 3 is 2.81 bits per heavy atom. The maximum Gasteiger partial charge on any atom is 0.261 e. The Balaban J connectivity index is 1.78. The number of hydrogen-bond acceptors (Lipinski definition) is 5. The van der Waals surface area contributed by atoms with Gasteiger partial charge in [0, 0.05) is 23.7 Å². The first-order chi connectivity index (χ1) is 13.2. The summed E-state index contributed by atoms with van der Waals surface area (Å²) in [7, 11) is 0. The number of aromatic nitrogens is 3. The van der Waals surface area contributed by atoms with Gasteiger partial charge in [0.25, 0.3) is 5.56 Å². The molecular formula is C20H20N6O. The third kappa shape index (κ3) is 2.72. The van der Waals surface area contributed by atoms with E-state index in [0.717, 1.165) is 47.1 Å². The van der Waals surface area contributed by atoms with Crippen LogP contribution in [-0.4, -0.2) is 34.1 Å². The number of para-hydroxylation sites is 2. The summed E-state index contributed by atoms with van der Waals surface area (Å²) in [6.07, 6.45) is 0.996. The molecule has 0 amide bonds. The third-order valence-electron chi connectivity index (χ3n) is 5.07. The predicted molar refractivity (Wildman–Crippen MR) is 109 cm³/mol. The maximum absolute atomic E-state index is 13.0. The molecule has 7 nitrogen and oxygen atoms in total. The van der Waals surface area contributed by atoms with Gasteiger partial charge in [0.2, 0.25) is 0 Å². The van der Waals surface area contributed by atoms with Crippen molar-refractivity contribution < 1.29 is 0 Å². The van der Waals surface area contributed by atoms with Crippen molar-refractivity contribution in [3.05, 3.63) is 52.8 Å². The molecule has 0 saturated carbocycles. The van der Waals surface area contributed by atoms with Crippen molar-refractivity contribution in [1.82, 2.24) is 20.3 Å². The molecule has 6 N–H and O–H groups in total. The van der Waals surface area contributed by atoms with Crippen LogP contribution in [0.2, 0.25) is 0 Å².